The summed E-state index contributed by atoms with van der Waals surface area (Å²) in [5.41, 5.74) is 1.76. The Morgan fingerprint density at radius 2 is 1.88 bits per heavy atom. The third-order valence-corrected chi connectivity index (χ3v) is 8.59. The zero-order valence-corrected chi connectivity index (χ0v) is 26.0. The summed E-state index contributed by atoms with van der Waals surface area (Å²) in [4.78, 5) is 43.1. The van der Waals surface area contributed by atoms with Crippen molar-refractivity contribution in [2.75, 3.05) is 31.1 Å². The number of fused-ring (bicyclic) bond motifs is 1. The zero-order valence-electron chi connectivity index (χ0n) is 22.8. The van der Waals surface area contributed by atoms with Crippen LogP contribution in [0.4, 0.5) is 16.4 Å². The third kappa shape index (κ3) is 5.90. The van der Waals surface area contributed by atoms with Gasteiger partial charge in [-0.05, 0) is 67.2 Å². The van der Waals surface area contributed by atoms with E-state index in [9.17, 15) is 14.8 Å². The van der Waals surface area contributed by atoms with Crippen molar-refractivity contribution in [3.63, 3.8) is 0 Å². The van der Waals surface area contributed by atoms with E-state index in [4.69, 9.17) is 4.74 Å². The van der Waals surface area contributed by atoms with Crippen molar-refractivity contribution in [3.8, 4) is 0 Å². The molecule has 1 aliphatic carbocycles. The van der Waals surface area contributed by atoms with Gasteiger partial charge >= 0.3 is 6.09 Å². The van der Waals surface area contributed by atoms with Gasteiger partial charge in [-0.2, -0.15) is 14.7 Å². The molecule has 0 radical (unpaired) electrons. The lowest BCUT2D eigenvalue weighted by molar-refractivity contribution is 0.0240. The first-order chi connectivity index (χ1) is 19.1. The molecule has 1 amide bonds. The average Bonchev–Trinajstić information content (AvgIpc) is 3.44. The number of amides is 1. The number of alkyl halides is 1. The van der Waals surface area contributed by atoms with E-state index in [1.54, 1.807) is 27.9 Å². The van der Waals surface area contributed by atoms with Gasteiger partial charge in [-0.25, -0.2) is 9.78 Å². The Bertz CT molecular complexity index is 1550. The van der Waals surface area contributed by atoms with E-state index in [1.807, 2.05) is 26.8 Å². The molecule has 0 bridgehead atoms. The third-order valence-electron chi connectivity index (χ3n) is 7.21. The molecule has 0 aromatic carbocycles. The monoisotopic (exact) mass is 677 g/mol. The second-order valence-electron chi connectivity index (χ2n) is 11.1. The summed E-state index contributed by atoms with van der Waals surface area (Å²) >= 11 is 6.99. The van der Waals surface area contributed by atoms with Crippen molar-refractivity contribution in [2.24, 2.45) is 4.99 Å². The maximum atomic E-state index is 13.3. The van der Waals surface area contributed by atoms with Gasteiger partial charge in [0.25, 0.3) is 11.5 Å². The topological polar surface area (TPSA) is 118 Å². The van der Waals surface area contributed by atoms with Crippen LogP contribution in [0.3, 0.4) is 0 Å². The van der Waals surface area contributed by atoms with Crippen LogP contribution in [0.25, 0.3) is 11.0 Å². The second kappa shape index (κ2) is 11.5. The second-order valence-corrected chi connectivity index (χ2v) is 12.5. The smallest absolute Gasteiger partial charge is 0.410 e. The zero-order chi connectivity index (χ0) is 28.6. The van der Waals surface area contributed by atoms with E-state index in [-0.39, 0.29) is 29.1 Å². The van der Waals surface area contributed by atoms with Crippen molar-refractivity contribution in [1.29, 1.82) is 0 Å². The fourth-order valence-corrected chi connectivity index (χ4v) is 6.72. The highest BCUT2D eigenvalue weighted by Gasteiger charge is 2.27. The molecular formula is C27H33Br2N7O4. The molecule has 13 heteroatoms. The Labute approximate surface area is 248 Å². The van der Waals surface area contributed by atoms with Crippen LogP contribution in [-0.4, -0.2) is 67.2 Å². The Morgan fingerprint density at radius 3 is 2.50 bits per heavy atom. The number of nitrogens with zero attached hydrogens (tertiary/aromatic N) is 7. The van der Waals surface area contributed by atoms with Crippen LogP contribution in [0, 0.1) is 0 Å². The molecule has 2 fully saturated rings. The maximum absolute atomic E-state index is 13.3. The van der Waals surface area contributed by atoms with Crippen molar-refractivity contribution in [2.45, 2.75) is 63.4 Å². The fraction of sp³-hybridized carbons (Fsp3) is 0.519. The van der Waals surface area contributed by atoms with Gasteiger partial charge in [0.2, 0.25) is 0 Å². The summed E-state index contributed by atoms with van der Waals surface area (Å²) in [6, 6.07) is 3.64. The van der Waals surface area contributed by atoms with Crippen molar-refractivity contribution >= 4 is 60.6 Å². The molecule has 1 saturated carbocycles. The van der Waals surface area contributed by atoms with E-state index in [2.05, 4.69) is 51.7 Å². The number of ether oxygens (including phenoxy) is 1. The molecule has 1 aliphatic heterocycles. The number of hydrogen-bond acceptors (Lipinski definition) is 8. The molecule has 11 nitrogen and oxygen atoms in total. The highest BCUT2D eigenvalue weighted by molar-refractivity contribution is 9.10. The lowest BCUT2D eigenvalue weighted by atomic mass is 10.1. The van der Waals surface area contributed by atoms with Crippen molar-refractivity contribution in [1.82, 2.24) is 24.2 Å². The van der Waals surface area contributed by atoms with Crippen LogP contribution in [0.5, 0.6) is 0 Å². The number of carbonyl (C=O) groups excluding carboxylic acids is 1. The van der Waals surface area contributed by atoms with Crippen molar-refractivity contribution in [3.05, 3.63) is 50.4 Å². The quantitative estimate of drug-likeness (QED) is 0.308. The fourth-order valence-electron chi connectivity index (χ4n) is 5.22. The lowest BCUT2D eigenvalue weighted by Crippen LogP contribution is -2.50. The summed E-state index contributed by atoms with van der Waals surface area (Å²) in [7, 11) is 0. The van der Waals surface area contributed by atoms with E-state index in [1.165, 1.54) is 0 Å². The first-order valence-electron chi connectivity index (χ1n) is 13.4. The summed E-state index contributed by atoms with van der Waals surface area (Å²) in [5.74, 6) is 0.156. The van der Waals surface area contributed by atoms with E-state index in [0.29, 0.717) is 41.6 Å². The van der Waals surface area contributed by atoms with E-state index < -0.39 is 5.60 Å². The molecule has 3 aromatic heterocycles. The minimum absolute atomic E-state index is 0.0799. The standard InChI is InChI=1S/C27H33Br2N7O4/c1-27(2,3)40-26(38)34-12-10-33(11-13-34)18-8-9-21(35(39)16-18)31-25-30-15-20-19(14-28)22(29)24(37)36(23(20)32-25)17-6-4-5-7-17/h8-9,15-17,39H,4-7,10-14H2,1-3H3. The summed E-state index contributed by atoms with van der Waals surface area (Å²) in [6.45, 7) is 7.81. The van der Waals surface area contributed by atoms with Gasteiger partial charge in [-0.15, -0.1) is 0 Å². The van der Waals surface area contributed by atoms with Gasteiger partial charge in [0.1, 0.15) is 11.2 Å². The summed E-state index contributed by atoms with van der Waals surface area (Å²) < 4.78 is 8.71. The molecule has 40 heavy (non-hydrogen) atoms. The number of halogens is 2. The number of hydrogen-bond donors (Lipinski definition) is 1. The summed E-state index contributed by atoms with van der Waals surface area (Å²) in [6.07, 6.45) is 6.95. The number of aromatic nitrogens is 4. The highest BCUT2D eigenvalue weighted by atomic mass is 79.9. The number of carbonyl (C=O) groups is 1. The van der Waals surface area contributed by atoms with Crippen LogP contribution in [0.1, 0.15) is 58.1 Å². The number of rotatable bonds is 4. The summed E-state index contributed by atoms with van der Waals surface area (Å²) in [5, 5.41) is 12.0. The molecule has 0 atom stereocenters. The van der Waals surface area contributed by atoms with Crippen LogP contribution < -0.4 is 15.9 Å². The highest BCUT2D eigenvalue weighted by Crippen LogP contribution is 2.33. The Balaban J connectivity index is 1.41. The van der Waals surface area contributed by atoms with Gasteiger partial charge in [0.05, 0.1) is 16.4 Å². The Kier molecular flexibility index (Phi) is 8.23. The molecule has 1 N–H and O–H groups in total. The van der Waals surface area contributed by atoms with Crippen molar-refractivity contribution < 1.29 is 14.7 Å². The van der Waals surface area contributed by atoms with Crippen LogP contribution in [-0.2, 0) is 10.1 Å². The predicted molar refractivity (Wildman–Crippen MR) is 158 cm³/mol. The largest absolute Gasteiger partial charge is 0.444 e. The SMILES string of the molecule is CC(C)(C)OC(=O)N1CCN(c2ccc(=Nc3ncc4c(CBr)c(Br)c(=O)n(C5CCCC5)c4n3)n(O)c2)CC1. The minimum atomic E-state index is -0.536. The number of piperazine rings is 1. The molecular weight excluding hydrogens is 646 g/mol. The number of anilines is 1. The molecule has 4 heterocycles. The molecule has 5 rings (SSSR count). The molecule has 3 aromatic rings. The van der Waals surface area contributed by atoms with Crippen LogP contribution in [0.2, 0.25) is 0 Å². The molecule has 1 saturated heterocycles. The Hall–Kier alpha value is -2.93. The maximum Gasteiger partial charge on any atom is 0.410 e. The van der Waals surface area contributed by atoms with Gasteiger partial charge < -0.3 is 19.7 Å². The van der Waals surface area contributed by atoms with Gasteiger partial charge in [0.15, 0.2) is 5.49 Å². The first kappa shape index (κ1) is 28.6. The average molecular weight is 679 g/mol. The van der Waals surface area contributed by atoms with E-state index in [0.717, 1.165) is 47.1 Å². The first-order valence-corrected chi connectivity index (χ1v) is 15.3. The number of pyridine rings is 2. The normalized spacial score (nSPS) is 17.2. The van der Waals surface area contributed by atoms with E-state index >= 15 is 0 Å². The van der Waals surface area contributed by atoms with Gasteiger partial charge in [0, 0.05) is 49.1 Å². The van der Waals surface area contributed by atoms with Gasteiger partial charge in [-0.1, -0.05) is 28.8 Å². The predicted octanol–water partition coefficient (Wildman–Crippen LogP) is 4.89. The van der Waals surface area contributed by atoms with Crippen LogP contribution >= 0.6 is 31.9 Å². The van der Waals surface area contributed by atoms with Gasteiger partial charge in [-0.3, -0.25) is 9.36 Å². The lowest BCUT2D eigenvalue weighted by Gasteiger charge is -2.36. The molecule has 0 spiro atoms. The Morgan fingerprint density at radius 1 is 1.18 bits per heavy atom. The molecule has 0 unspecified atom stereocenters. The van der Waals surface area contributed by atoms with Crippen LogP contribution in [0.15, 0.2) is 38.8 Å². The molecule has 2 aliphatic rings. The minimum Gasteiger partial charge on any atom is -0.444 e. The molecule has 214 valence electrons.